The maximum Gasteiger partial charge on any atom is 0.276 e. The third kappa shape index (κ3) is 4.32. The number of rotatable bonds is 5. The zero-order valence-corrected chi connectivity index (χ0v) is 14.8. The lowest BCUT2D eigenvalue weighted by molar-refractivity contribution is -0.386. The van der Waals surface area contributed by atoms with Crippen LogP contribution in [0.5, 0.6) is 5.75 Å². The van der Waals surface area contributed by atoms with Crippen LogP contribution in [0.4, 0.5) is 11.4 Å². The lowest BCUT2D eigenvalue weighted by Gasteiger charge is -2.24. The molecule has 0 aliphatic heterocycles. The predicted molar refractivity (Wildman–Crippen MR) is 95.2 cm³/mol. The molecule has 0 unspecified atom stereocenters. The number of nitrogens with zero attached hydrogens (tertiary/aromatic N) is 1. The molecule has 0 saturated heterocycles. The summed E-state index contributed by atoms with van der Waals surface area (Å²) in [6, 6.07) is 11.1. The van der Waals surface area contributed by atoms with Gasteiger partial charge < -0.3 is 10.4 Å². The second-order valence-corrected chi connectivity index (χ2v) is 6.99. The van der Waals surface area contributed by atoms with Crippen LogP contribution in [0.1, 0.15) is 25.8 Å². The molecule has 2 rings (SSSR count). The highest BCUT2D eigenvalue weighted by Gasteiger charge is 2.31. The molecule has 0 radical (unpaired) electrons. The van der Waals surface area contributed by atoms with Gasteiger partial charge in [0, 0.05) is 27.6 Å². The number of nitro benzene ring substituents is 1. The van der Waals surface area contributed by atoms with Crippen LogP contribution in [0, 0.1) is 10.1 Å². The van der Waals surface area contributed by atoms with Crippen LogP contribution in [-0.4, -0.2) is 15.9 Å². The van der Waals surface area contributed by atoms with Crippen molar-refractivity contribution in [2.45, 2.75) is 25.7 Å². The first kappa shape index (κ1) is 17.9. The summed E-state index contributed by atoms with van der Waals surface area (Å²) in [5, 5.41) is 23.5. The van der Waals surface area contributed by atoms with Crippen LogP contribution in [-0.2, 0) is 10.2 Å². The zero-order chi connectivity index (χ0) is 17.9. The Bertz CT molecular complexity index is 773. The summed E-state index contributed by atoms with van der Waals surface area (Å²) in [5.41, 5.74) is 0.0853. The van der Waals surface area contributed by atoms with Crippen molar-refractivity contribution in [3.05, 3.63) is 62.6 Å². The fourth-order valence-electron chi connectivity index (χ4n) is 2.48. The standard InChI is InChI=1S/C17H17BrN2O4/c1-17(2,14-8-7-13(21)9-15(14)20(23)24)10-16(22)19-12-5-3-11(18)4-6-12/h3-9,21H,10H2,1-2H3,(H,19,22). The van der Waals surface area contributed by atoms with E-state index in [0.717, 1.165) is 10.5 Å². The van der Waals surface area contributed by atoms with Crippen molar-refractivity contribution in [3.8, 4) is 5.75 Å². The summed E-state index contributed by atoms with van der Waals surface area (Å²) in [5.74, 6) is -0.426. The number of carbonyl (C=O) groups excluding carboxylic acids is 1. The maximum absolute atomic E-state index is 12.3. The molecule has 126 valence electrons. The third-order valence-electron chi connectivity index (χ3n) is 3.64. The highest BCUT2D eigenvalue weighted by Crippen LogP contribution is 2.36. The van der Waals surface area contributed by atoms with Crippen LogP contribution in [0.2, 0.25) is 0 Å². The molecular weight excluding hydrogens is 376 g/mol. The number of amides is 1. The topological polar surface area (TPSA) is 92.5 Å². The Kier molecular flexibility index (Phi) is 5.23. The van der Waals surface area contributed by atoms with E-state index in [1.165, 1.54) is 12.1 Å². The van der Waals surface area contributed by atoms with Crippen LogP contribution < -0.4 is 5.32 Å². The predicted octanol–water partition coefficient (Wildman–Crippen LogP) is 4.37. The molecule has 0 heterocycles. The minimum Gasteiger partial charge on any atom is -0.508 e. The number of benzene rings is 2. The third-order valence-corrected chi connectivity index (χ3v) is 4.17. The molecule has 2 aromatic rings. The summed E-state index contributed by atoms with van der Waals surface area (Å²) in [6.45, 7) is 3.51. The molecule has 2 aromatic carbocycles. The van der Waals surface area contributed by atoms with Crippen LogP contribution in [0.3, 0.4) is 0 Å². The molecule has 0 fully saturated rings. The van der Waals surface area contributed by atoms with E-state index in [2.05, 4.69) is 21.2 Å². The minimum absolute atomic E-state index is 0.0642. The number of nitro groups is 1. The fourth-order valence-corrected chi connectivity index (χ4v) is 2.74. The van der Waals surface area contributed by atoms with Gasteiger partial charge in [-0.05, 0) is 36.4 Å². The number of phenols is 1. The highest BCUT2D eigenvalue weighted by atomic mass is 79.9. The van der Waals surface area contributed by atoms with Crippen molar-refractivity contribution in [2.24, 2.45) is 0 Å². The number of hydrogen-bond donors (Lipinski definition) is 2. The first-order valence-electron chi connectivity index (χ1n) is 7.22. The Balaban J connectivity index is 2.20. The molecule has 0 atom stereocenters. The molecule has 24 heavy (non-hydrogen) atoms. The summed E-state index contributed by atoms with van der Waals surface area (Å²) in [4.78, 5) is 23.0. The number of aromatic hydroxyl groups is 1. The normalized spacial score (nSPS) is 11.1. The van der Waals surface area contributed by atoms with Crippen molar-refractivity contribution in [3.63, 3.8) is 0 Å². The molecule has 6 nitrogen and oxygen atoms in total. The van der Waals surface area contributed by atoms with Gasteiger partial charge >= 0.3 is 0 Å². The second-order valence-electron chi connectivity index (χ2n) is 6.07. The van der Waals surface area contributed by atoms with E-state index in [4.69, 9.17) is 0 Å². The largest absolute Gasteiger partial charge is 0.508 e. The first-order valence-corrected chi connectivity index (χ1v) is 8.01. The van der Waals surface area contributed by atoms with E-state index in [9.17, 15) is 20.0 Å². The molecular formula is C17H17BrN2O4. The lowest BCUT2D eigenvalue weighted by Crippen LogP contribution is -2.26. The quantitative estimate of drug-likeness (QED) is 0.583. The summed E-state index contributed by atoms with van der Waals surface area (Å²) >= 11 is 3.32. The molecule has 0 bridgehead atoms. The van der Waals surface area contributed by atoms with Crippen molar-refractivity contribution < 1.29 is 14.8 Å². The van der Waals surface area contributed by atoms with Crippen molar-refractivity contribution in [2.75, 3.05) is 5.32 Å². The Morgan fingerprint density at radius 1 is 1.25 bits per heavy atom. The van der Waals surface area contributed by atoms with E-state index in [-0.39, 0.29) is 23.8 Å². The molecule has 0 saturated carbocycles. The van der Waals surface area contributed by atoms with Gasteiger partial charge in [0.25, 0.3) is 5.69 Å². The van der Waals surface area contributed by atoms with Gasteiger partial charge in [0.15, 0.2) is 0 Å². The Hall–Kier alpha value is -2.41. The van der Waals surface area contributed by atoms with Gasteiger partial charge in [-0.3, -0.25) is 14.9 Å². The van der Waals surface area contributed by atoms with Crippen LogP contribution >= 0.6 is 15.9 Å². The van der Waals surface area contributed by atoms with E-state index < -0.39 is 10.3 Å². The Labute approximate surface area is 147 Å². The second kappa shape index (κ2) is 7.00. The Morgan fingerprint density at radius 2 is 1.88 bits per heavy atom. The van der Waals surface area contributed by atoms with Gasteiger partial charge in [-0.15, -0.1) is 0 Å². The van der Waals surface area contributed by atoms with Crippen molar-refractivity contribution in [1.29, 1.82) is 0 Å². The molecule has 0 aromatic heterocycles. The highest BCUT2D eigenvalue weighted by molar-refractivity contribution is 9.10. The van der Waals surface area contributed by atoms with Crippen molar-refractivity contribution >= 4 is 33.2 Å². The van der Waals surface area contributed by atoms with E-state index in [0.29, 0.717) is 11.3 Å². The molecule has 7 heteroatoms. The lowest BCUT2D eigenvalue weighted by atomic mass is 9.80. The number of nitrogens with one attached hydrogen (secondary N) is 1. The monoisotopic (exact) mass is 392 g/mol. The minimum atomic E-state index is -0.768. The summed E-state index contributed by atoms with van der Waals surface area (Å²) in [6.07, 6.45) is 0.0642. The maximum atomic E-state index is 12.3. The van der Waals surface area contributed by atoms with Gasteiger partial charge in [-0.1, -0.05) is 29.8 Å². The van der Waals surface area contributed by atoms with Crippen molar-refractivity contribution in [1.82, 2.24) is 0 Å². The van der Waals surface area contributed by atoms with Gasteiger partial charge in [0.2, 0.25) is 5.91 Å². The molecule has 0 aliphatic rings. The molecule has 1 amide bonds. The number of anilines is 1. The SMILES string of the molecule is CC(C)(CC(=O)Nc1ccc(Br)cc1)c1ccc(O)cc1[N+](=O)[O-]. The number of carbonyl (C=O) groups is 1. The fraction of sp³-hybridized carbons (Fsp3) is 0.235. The van der Waals surface area contributed by atoms with E-state index in [1.807, 2.05) is 12.1 Å². The molecule has 0 spiro atoms. The van der Waals surface area contributed by atoms with E-state index >= 15 is 0 Å². The Morgan fingerprint density at radius 3 is 2.46 bits per heavy atom. The molecule has 2 N–H and O–H groups in total. The van der Waals surface area contributed by atoms with E-state index in [1.54, 1.807) is 26.0 Å². The van der Waals surface area contributed by atoms with Gasteiger partial charge in [-0.2, -0.15) is 0 Å². The average Bonchev–Trinajstić information content (AvgIpc) is 2.48. The average molecular weight is 393 g/mol. The zero-order valence-electron chi connectivity index (χ0n) is 13.2. The van der Waals surface area contributed by atoms with Gasteiger partial charge in [0.1, 0.15) is 5.75 Å². The van der Waals surface area contributed by atoms with Gasteiger partial charge in [0.05, 0.1) is 11.0 Å². The number of phenolic OH excluding ortho intramolecular Hbond substituents is 1. The van der Waals surface area contributed by atoms with Crippen LogP contribution in [0.25, 0.3) is 0 Å². The molecule has 0 aliphatic carbocycles. The smallest absolute Gasteiger partial charge is 0.276 e. The summed E-state index contributed by atoms with van der Waals surface area (Å²) in [7, 11) is 0. The summed E-state index contributed by atoms with van der Waals surface area (Å²) < 4.78 is 0.903. The van der Waals surface area contributed by atoms with Crippen LogP contribution in [0.15, 0.2) is 46.9 Å². The number of hydrogen-bond acceptors (Lipinski definition) is 4. The first-order chi connectivity index (χ1) is 11.2. The van der Waals surface area contributed by atoms with Gasteiger partial charge in [-0.25, -0.2) is 0 Å². The number of halogens is 1.